The zero-order chi connectivity index (χ0) is 16.5. The minimum atomic E-state index is -0.353. The number of aromatic nitrogens is 2. The minimum absolute atomic E-state index is 0.171. The van der Waals surface area contributed by atoms with Crippen molar-refractivity contribution in [2.24, 2.45) is 0 Å². The van der Waals surface area contributed by atoms with E-state index < -0.39 is 0 Å². The maximum absolute atomic E-state index is 12.3. The van der Waals surface area contributed by atoms with Crippen LogP contribution in [0.2, 0.25) is 0 Å². The predicted molar refractivity (Wildman–Crippen MR) is 95.0 cm³/mol. The first-order chi connectivity index (χ1) is 11.2. The van der Waals surface area contributed by atoms with Gasteiger partial charge in [-0.25, -0.2) is 0 Å². The Morgan fingerprint density at radius 2 is 2.00 bits per heavy atom. The van der Waals surface area contributed by atoms with Gasteiger partial charge in [0.1, 0.15) is 0 Å². The van der Waals surface area contributed by atoms with Gasteiger partial charge in [-0.3, -0.25) is 0 Å². The van der Waals surface area contributed by atoms with Crippen molar-refractivity contribution in [3.63, 3.8) is 0 Å². The Bertz CT molecular complexity index is 706. The van der Waals surface area contributed by atoms with Gasteiger partial charge in [-0.05, 0) is 0 Å². The first kappa shape index (κ1) is 18.4. The third-order valence-corrected chi connectivity index (χ3v) is 5.22. The summed E-state index contributed by atoms with van der Waals surface area (Å²) in [6.07, 6.45) is 15.8. The number of aryl methyl sites for hydroxylation is 1. The second-order valence-corrected chi connectivity index (χ2v) is 7.86. The van der Waals surface area contributed by atoms with Crippen molar-refractivity contribution >= 4 is 24.3 Å². The van der Waals surface area contributed by atoms with Crippen LogP contribution >= 0.6 is 18.6 Å². The van der Waals surface area contributed by atoms with Gasteiger partial charge >= 0.3 is 138 Å². The van der Waals surface area contributed by atoms with Crippen molar-refractivity contribution in [3.8, 4) is 5.88 Å². The molecule has 0 unspecified atom stereocenters. The summed E-state index contributed by atoms with van der Waals surface area (Å²) in [5.74, 6) is 0.390. The molecule has 1 aliphatic rings. The van der Waals surface area contributed by atoms with E-state index in [1.165, 1.54) is 4.57 Å². The van der Waals surface area contributed by atoms with Crippen LogP contribution in [0.1, 0.15) is 12.0 Å². The van der Waals surface area contributed by atoms with E-state index in [2.05, 4.69) is 23.6 Å². The molecule has 0 atom stereocenters. The van der Waals surface area contributed by atoms with Gasteiger partial charge in [-0.15, -0.1) is 0 Å². The van der Waals surface area contributed by atoms with Crippen LogP contribution in [0.5, 0.6) is 5.88 Å². The molecule has 1 aromatic rings. The van der Waals surface area contributed by atoms with Gasteiger partial charge < -0.3 is 0 Å². The SMILES string of the molecule is Cc1cn(C2=C/C=C\C=C/C=C\2)c(=O)nc1OCCCO[I-]I. The molecule has 1 aromatic heterocycles. The van der Waals surface area contributed by atoms with Crippen molar-refractivity contribution in [2.45, 2.75) is 13.3 Å². The molecule has 5 nitrogen and oxygen atoms in total. The summed E-state index contributed by atoms with van der Waals surface area (Å²) < 4.78 is 12.5. The van der Waals surface area contributed by atoms with Gasteiger partial charge in [0, 0.05) is 0 Å². The molecule has 0 radical (unpaired) electrons. The summed E-state index contributed by atoms with van der Waals surface area (Å²) in [6.45, 7) is 3.06. The number of nitrogens with zero attached hydrogens (tertiary/aromatic N) is 2. The normalized spacial score (nSPS) is 20.2. The molecule has 1 aliphatic carbocycles. The monoisotopic (exact) mass is 539 g/mol. The van der Waals surface area contributed by atoms with E-state index in [-0.39, 0.29) is 23.3 Å². The van der Waals surface area contributed by atoms with E-state index in [4.69, 9.17) is 7.80 Å². The third kappa shape index (κ3) is 5.88. The van der Waals surface area contributed by atoms with Crippen molar-refractivity contribution < 1.29 is 25.4 Å². The summed E-state index contributed by atoms with van der Waals surface area (Å²) in [5, 5.41) is 0. The van der Waals surface area contributed by atoms with Gasteiger partial charge in [0.2, 0.25) is 0 Å². The molecule has 23 heavy (non-hydrogen) atoms. The Morgan fingerprint density at radius 3 is 2.83 bits per heavy atom. The fourth-order valence-corrected chi connectivity index (χ4v) is 3.49. The predicted octanol–water partition coefficient (Wildman–Crippen LogP) is 0.214. The van der Waals surface area contributed by atoms with E-state index >= 15 is 0 Å². The molecule has 124 valence electrons. The Balaban J connectivity index is 2.12. The molecule has 0 fully saturated rings. The Labute approximate surface area is 155 Å². The standard InChI is InChI=1S/C16H17I2N2O3/c1-13-12-20(14-8-5-3-2-4-6-9-14)16(21)19-15(13)22-10-7-11-23-18-17/h2-6,8-9,12H,7,10-11H2,1H3/q-1/b3-2-,4-2?,5-3?,6-4-,8-5-,9-6?,14-8?,14-9+. The Morgan fingerprint density at radius 1 is 1.22 bits per heavy atom. The number of hydrogen-bond acceptors (Lipinski definition) is 4. The quantitative estimate of drug-likeness (QED) is 0.368. The molecule has 0 bridgehead atoms. The van der Waals surface area contributed by atoms with Crippen molar-refractivity contribution in [3.05, 3.63) is 64.8 Å². The number of halogens is 2. The molecular formula is C16H17I2N2O3-. The second kappa shape index (κ2) is 10.0. The summed E-state index contributed by atoms with van der Waals surface area (Å²) in [5.41, 5.74) is 1.23. The van der Waals surface area contributed by atoms with Crippen molar-refractivity contribution in [1.29, 1.82) is 0 Å². The summed E-state index contributed by atoms with van der Waals surface area (Å²) in [7, 11) is 0. The van der Waals surface area contributed by atoms with Gasteiger partial charge in [0.15, 0.2) is 0 Å². The van der Waals surface area contributed by atoms with Gasteiger partial charge in [-0.2, -0.15) is 0 Å². The molecule has 0 aliphatic heterocycles. The Hall–Kier alpha value is -0.940. The fraction of sp³-hybridized carbons (Fsp3) is 0.250. The van der Waals surface area contributed by atoms with Gasteiger partial charge in [0.25, 0.3) is 0 Å². The summed E-state index contributed by atoms with van der Waals surface area (Å²) >= 11 is 2.09. The fourth-order valence-electron chi connectivity index (χ4n) is 1.89. The molecule has 0 N–H and O–H groups in total. The zero-order valence-corrected chi connectivity index (χ0v) is 16.9. The summed E-state index contributed by atoms with van der Waals surface area (Å²) in [4.78, 5) is 16.3. The van der Waals surface area contributed by atoms with Crippen LogP contribution in [0.4, 0.5) is 0 Å². The molecule has 0 spiro atoms. The van der Waals surface area contributed by atoms with E-state index in [9.17, 15) is 4.79 Å². The van der Waals surface area contributed by atoms with Crippen LogP contribution in [0.15, 0.2) is 53.5 Å². The third-order valence-electron chi connectivity index (χ3n) is 2.97. The average molecular weight is 539 g/mol. The molecule has 2 rings (SSSR count). The van der Waals surface area contributed by atoms with E-state index in [1.807, 2.05) is 49.5 Å². The van der Waals surface area contributed by atoms with Crippen LogP contribution < -0.4 is 28.1 Å². The van der Waals surface area contributed by atoms with E-state index in [1.54, 1.807) is 6.20 Å². The average Bonchev–Trinajstić information content (AvgIpc) is 2.50. The van der Waals surface area contributed by atoms with Crippen molar-refractivity contribution in [1.82, 2.24) is 9.55 Å². The van der Waals surface area contributed by atoms with Crippen molar-refractivity contribution in [2.75, 3.05) is 13.2 Å². The number of allylic oxidation sites excluding steroid dienone is 8. The zero-order valence-electron chi connectivity index (χ0n) is 12.6. The number of ether oxygens (including phenoxy) is 1. The first-order valence-corrected chi connectivity index (χ1v) is 14.2. The molecular weight excluding hydrogens is 522 g/mol. The molecule has 0 saturated heterocycles. The molecule has 0 saturated carbocycles. The van der Waals surface area contributed by atoms with E-state index in [0.717, 1.165) is 17.7 Å². The van der Waals surface area contributed by atoms with Crippen LogP contribution in [0.25, 0.3) is 5.70 Å². The summed E-state index contributed by atoms with van der Waals surface area (Å²) in [6, 6.07) is 0. The van der Waals surface area contributed by atoms with E-state index in [0.29, 0.717) is 19.1 Å². The molecule has 0 amide bonds. The van der Waals surface area contributed by atoms with Crippen LogP contribution in [-0.2, 0) is 3.07 Å². The van der Waals surface area contributed by atoms with Crippen LogP contribution in [-0.4, -0.2) is 22.8 Å². The van der Waals surface area contributed by atoms with Crippen LogP contribution in [0.3, 0.4) is 0 Å². The van der Waals surface area contributed by atoms with Gasteiger partial charge in [-0.1, -0.05) is 18.2 Å². The van der Waals surface area contributed by atoms with Crippen LogP contribution in [0, 0.1) is 6.92 Å². The van der Waals surface area contributed by atoms with Gasteiger partial charge in [0.05, 0.1) is 0 Å². The Kier molecular flexibility index (Phi) is 8.03. The molecule has 7 heteroatoms. The first-order valence-electron chi connectivity index (χ1n) is 7.05. The maximum atomic E-state index is 12.3. The second-order valence-electron chi connectivity index (χ2n) is 4.68. The number of hydrogen-bond donors (Lipinski definition) is 0. The molecule has 0 aromatic carbocycles. The number of rotatable bonds is 7. The topological polar surface area (TPSA) is 53.4 Å². The molecule has 1 heterocycles.